The minimum absolute atomic E-state index is 0.181. The second-order valence-corrected chi connectivity index (χ2v) is 17.0. The first-order valence-electron chi connectivity index (χ1n) is 17.7. The van der Waals surface area contributed by atoms with Crippen LogP contribution in [0.1, 0.15) is 91.7 Å². The minimum atomic E-state index is 0.181. The molecule has 9 aromatic rings. The van der Waals surface area contributed by atoms with Crippen molar-refractivity contribution >= 4 is 199 Å². The monoisotopic (exact) mass is 1140 g/mol. The van der Waals surface area contributed by atoms with Gasteiger partial charge in [-0.25, -0.2) is 9.97 Å². The number of hydrogen-bond acceptors (Lipinski definition) is 38. The molecule has 30 nitrogen and oxygen atoms in total. The summed E-state index contributed by atoms with van der Waals surface area (Å²) in [6.45, 7) is 0. The van der Waals surface area contributed by atoms with E-state index in [1.165, 1.54) is 64.3 Å². The third kappa shape index (κ3) is 22.6. The van der Waals surface area contributed by atoms with E-state index in [0.29, 0.717) is 127 Å². The number of hydrogen-bond donors (Lipinski definition) is 9. The van der Waals surface area contributed by atoms with Crippen molar-refractivity contribution in [1.82, 2.24) is 51.0 Å². The van der Waals surface area contributed by atoms with Gasteiger partial charge in [-0.15, -0.1) is 32.9 Å². The van der Waals surface area contributed by atoms with Crippen LogP contribution >= 0.6 is 92.1 Å². The fourth-order valence-electron chi connectivity index (χ4n) is 3.02. The number of rotatable bonds is 9. The highest BCUT2D eigenvalue weighted by molar-refractivity contribution is 7.14. The Kier molecular flexibility index (Phi) is 30.2. The number of carbonyl (C=O) groups is 9. The van der Waals surface area contributed by atoms with E-state index in [-0.39, 0.29) is 28.9 Å². The van der Waals surface area contributed by atoms with Gasteiger partial charge in [0.1, 0.15) is 47.7 Å². The number of aldehydes is 9. The number of anilines is 9. The largest absolute Gasteiger partial charge is 0.448 e. The Morgan fingerprint density at radius 1 is 0.458 bits per heavy atom. The Labute approximate surface area is 435 Å². The average molecular weight is 1140 g/mol. The van der Waals surface area contributed by atoms with E-state index in [2.05, 4.69) is 55.4 Å². The molecule has 378 valence electrons. The van der Waals surface area contributed by atoms with Crippen molar-refractivity contribution in [2.24, 2.45) is 0 Å². The first-order valence-corrected chi connectivity index (χ1v) is 24.2. The van der Waals surface area contributed by atoms with Crippen molar-refractivity contribution < 1.29 is 47.6 Å². The van der Waals surface area contributed by atoms with Gasteiger partial charge in [0.25, 0.3) is 0 Å². The number of aromatic nitrogens is 11. The van der Waals surface area contributed by atoms with E-state index < -0.39 is 0 Å². The van der Waals surface area contributed by atoms with Crippen molar-refractivity contribution in [2.75, 3.05) is 51.6 Å². The molecule has 0 saturated carbocycles. The minimum Gasteiger partial charge on any atom is -0.448 e. The molecule has 0 spiro atoms. The molecule has 0 aliphatic carbocycles. The van der Waals surface area contributed by atoms with Crippen LogP contribution in [0.5, 0.6) is 0 Å². The maximum absolute atomic E-state index is 9.98. The van der Waals surface area contributed by atoms with E-state index in [1.807, 2.05) is 0 Å². The summed E-state index contributed by atoms with van der Waals surface area (Å²) in [5.74, 6) is 1.25. The van der Waals surface area contributed by atoms with Crippen molar-refractivity contribution in [3.8, 4) is 0 Å². The molecule has 0 aromatic carbocycles. The van der Waals surface area contributed by atoms with E-state index in [1.54, 1.807) is 21.8 Å². The molecule has 0 fully saturated rings. The predicted octanol–water partition coefficient (Wildman–Crippen LogP) is 3.16. The number of furan rings is 1. The summed E-state index contributed by atoms with van der Waals surface area (Å²) < 4.78 is 29.6. The third-order valence-electron chi connectivity index (χ3n) is 6.50. The standard InChI is InChI=1S/C5H5NO2.5C4H4N2OS.3C3H3N3OS/c6-5-4(3-7)1-2-8-5;5-3-2-8-6-4(3)1-7;5-4-3(1-7)8-2-6-4;5-4-3(1-7)6-2-8-4;5-3-1-6-8-4(3)2-7;5-4-3(1-7)2-8-6-4;4-3-2(1-7)8-6-5-3;4-3-2(1-7)5-6-8-3;4-3-2(1-7)5-8-6-3/h1-3H,6H2;4*1-2H,5H2;1-2H,(H2,5,6);2*1H,4H2;1H,(H2,4,6). The van der Waals surface area contributed by atoms with Crippen LogP contribution in [-0.4, -0.2) is 108 Å². The molecular weight excluding hydrogens is 1110 g/mol. The zero-order chi connectivity index (χ0) is 53.8. The Bertz CT molecular complexity index is 2390. The van der Waals surface area contributed by atoms with E-state index >= 15 is 0 Å². The molecule has 0 amide bonds. The summed E-state index contributed by atoms with van der Waals surface area (Å²) in [6.07, 6.45) is 8.68. The third-order valence-corrected chi connectivity index (χ3v) is 11.8. The summed E-state index contributed by atoms with van der Waals surface area (Å²) in [7, 11) is 0. The molecule has 0 aliphatic rings. The fourth-order valence-corrected chi connectivity index (χ4v) is 6.86. The van der Waals surface area contributed by atoms with E-state index in [9.17, 15) is 43.2 Å². The van der Waals surface area contributed by atoms with Gasteiger partial charge in [-0.2, -0.15) is 21.9 Å². The molecule has 0 saturated heterocycles. The Balaban J connectivity index is 0.000000405. The van der Waals surface area contributed by atoms with E-state index in [4.69, 9.17) is 51.6 Å². The number of nitrogen functional groups attached to an aromatic ring is 9. The molecule has 18 N–H and O–H groups in total. The molecule has 9 aromatic heterocycles. The van der Waals surface area contributed by atoms with Gasteiger partial charge in [-0.05, 0) is 52.2 Å². The molecule has 0 aliphatic heterocycles. The number of thiazole rings is 2. The molecule has 0 bridgehead atoms. The normalized spacial score (nSPS) is 9.00. The topological polar surface area (TPSA) is 543 Å². The van der Waals surface area contributed by atoms with Gasteiger partial charge < -0.3 is 56.0 Å². The highest BCUT2D eigenvalue weighted by Crippen LogP contribution is 2.14. The average Bonchev–Trinajstić information content (AvgIpc) is 4.24. The van der Waals surface area contributed by atoms with Crippen LogP contribution in [0.15, 0.2) is 44.7 Å². The first-order chi connectivity index (χ1) is 34.6. The van der Waals surface area contributed by atoms with Gasteiger partial charge in [-0.1, -0.05) is 8.98 Å². The Hall–Kier alpha value is -8.66. The molecule has 0 atom stereocenters. The van der Waals surface area contributed by atoms with Crippen LogP contribution in [0.25, 0.3) is 0 Å². The van der Waals surface area contributed by atoms with Crippen LogP contribution in [0.2, 0.25) is 0 Å². The second kappa shape index (κ2) is 35.5. The SMILES string of the molecule is Nc1cnsc1C=O.Nc1csnc1C=O.Nc1ncsc1C=O.Nc1nnsc1C=O.Nc1nscc1C=O.Nc1nsnc1C=O.Nc1occc1C=O.Nc1scnc1C=O.Nc1snnc1C=O. The predicted molar refractivity (Wildman–Crippen MR) is 277 cm³/mol. The molecule has 9 rings (SSSR count). The lowest BCUT2D eigenvalue weighted by atomic mass is 10.4. The molecule has 9 heterocycles. The number of carbonyl (C=O) groups excluding carboxylic acids is 9. The number of nitrogens with two attached hydrogens (primary N) is 9. The Morgan fingerprint density at radius 2 is 1.08 bits per heavy atom. The van der Waals surface area contributed by atoms with Gasteiger partial charge in [-0.3, -0.25) is 43.2 Å². The second-order valence-electron chi connectivity index (χ2n) is 11.0. The van der Waals surface area contributed by atoms with Crippen molar-refractivity contribution in [1.29, 1.82) is 0 Å². The van der Waals surface area contributed by atoms with Crippen LogP contribution in [-0.2, 0) is 0 Å². The first kappa shape index (κ1) is 61.4. The van der Waals surface area contributed by atoms with Gasteiger partial charge in [0, 0.05) is 22.3 Å². The maximum atomic E-state index is 9.98. The molecule has 0 unspecified atom stereocenters. The summed E-state index contributed by atoms with van der Waals surface area (Å²) in [5, 5.41) is 10.9. The molecule has 72 heavy (non-hydrogen) atoms. The summed E-state index contributed by atoms with van der Waals surface area (Å²) >= 11 is 8.93. The summed E-state index contributed by atoms with van der Waals surface area (Å²) in [6, 6.07) is 1.52. The Morgan fingerprint density at radius 3 is 1.33 bits per heavy atom. The van der Waals surface area contributed by atoms with Gasteiger partial charge in [0.2, 0.25) is 5.88 Å². The summed E-state index contributed by atoms with van der Waals surface area (Å²) in [5.41, 5.74) is 53.0. The quantitative estimate of drug-likeness (QED) is 0.0937. The van der Waals surface area contributed by atoms with Gasteiger partial charge >= 0.3 is 0 Å². The fraction of sp³-hybridized carbons (Fsp3) is 0. The lowest BCUT2D eigenvalue weighted by molar-refractivity contribution is 0.111. The highest BCUT2D eigenvalue weighted by Gasteiger charge is 2.02. The number of nitrogens with zero attached hydrogens (tertiary/aromatic N) is 11. The highest BCUT2D eigenvalue weighted by atomic mass is 32.1. The van der Waals surface area contributed by atoms with Crippen molar-refractivity contribution in [3.05, 3.63) is 88.8 Å². The van der Waals surface area contributed by atoms with Crippen LogP contribution in [0.4, 0.5) is 50.5 Å². The van der Waals surface area contributed by atoms with Crippen LogP contribution in [0.3, 0.4) is 0 Å². The molecule has 0 radical (unpaired) electrons. The van der Waals surface area contributed by atoms with Gasteiger partial charge in [0.05, 0.1) is 57.7 Å². The maximum Gasteiger partial charge on any atom is 0.200 e. The lowest BCUT2D eigenvalue weighted by Gasteiger charge is -1.79. The van der Waals surface area contributed by atoms with Crippen molar-refractivity contribution in [2.45, 2.75) is 0 Å². The van der Waals surface area contributed by atoms with Crippen molar-refractivity contribution in [3.63, 3.8) is 0 Å². The van der Waals surface area contributed by atoms with E-state index in [0.717, 1.165) is 46.3 Å². The molecule has 38 heteroatoms. The lowest BCUT2D eigenvalue weighted by Crippen LogP contribution is -1.89. The smallest absolute Gasteiger partial charge is 0.200 e. The zero-order valence-corrected chi connectivity index (χ0v) is 42.2. The summed E-state index contributed by atoms with van der Waals surface area (Å²) in [4.78, 5) is 98.3. The van der Waals surface area contributed by atoms with Crippen LogP contribution in [0, 0.1) is 0 Å². The zero-order valence-electron chi connectivity index (χ0n) is 35.7. The molecular formula is C34H34N20O10S8. The van der Waals surface area contributed by atoms with Gasteiger partial charge in [0.15, 0.2) is 79.6 Å². The van der Waals surface area contributed by atoms with Crippen LogP contribution < -0.4 is 51.6 Å².